The van der Waals surface area contributed by atoms with E-state index < -0.39 is 0 Å². The molecule has 1 amide bonds. The standard InChI is InChI=1S/C12H18N2O/c1-9-5-4-6-11(10(9)2)7-14-8-12(15)13-3/h4-6,14H,7-8H2,1-3H3,(H,13,15). The number of carbonyl (C=O) groups excluding carboxylic acids is 1. The van der Waals surface area contributed by atoms with Crippen LogP contribution in [0.1, 0.15) is 16.7 Å². The molecule has 0 aliphatic heterocycles. The summed E-state index contributed by atoms with van der Waals surface area (Å²) in [6.45, 7) is 5.30. The molecule has 0 saturated heterocycles. The summed E-state index contributed by atoms with van der Waals surface area (Å²) < 4.78 is 0. The molecule has 82 valence electrons. The lowest BCUT2D eigenvalue weighted by atomic mass is 10.0. The number of benzene rings is 1. The van der Waals surface area contributed by atoms with E-state index in [-0.39, 0.29) is 5.91 Å². The molecule has 0 saturated carbocycles. The number of hydrogen-bond acceptors (Lipinski definition) is 2. The van der Waals surface area contributed by atoms with Gasteiger partial charge < -0.3 is 10.6 Å². The number of amides is 1. The van der Waals surface area contributed by atoms with Crippen molar-refractivity contribution in [3.05, 3.63) is 34.9 Å². The maximum absolute atomic E-state index is 11.0. The lowest BCUT2D eigenvalue weighted by Crippen LogP contribution is -2.31. The summed E-state index contributed by atoms with van der Waals surface area (Å²) in [5.41, 5.74) is 3.83. The molecule has 0 unspecified atom stereocenters. The van der Waals surface area contributed by atoms with Gasteiger partial charge in [0, 0.05) is 13.6 Å². The zero-order valence-corrected chi connectivity index (χ0v) is 9.55. The van der Waals surface area contributed by atoms with E-state index in [2.05, 4.69) is 36.6 Å². The summed E-state index contributed by atoms with van der Waals surface area (Å²) >= 11 is 0. The van der Waals surface area contributed by atoms with E-state index in [0.717, 1.165) is 6.54 Å². The number of aryl methyl sites for hydroxylation is 1. The molecule has 1 rings (SSSR count). The average molecular weight is 206 g/mol. The lowest BCUT2D eigenvalue weighted by Gasteiger charge is -2.09. The van der Waals surface area contributed by atoms with Crippen molar-refractivity contribution in [3.63, 3.8) is 0 Å². The van der Waals surface area contributed by atoms with Crippen molar-refractivity contribution in [3.8, 4) is 0 Å². The summed E-state index contributed by atoms with van der Waals surface area (Å²) in [7, 11) is 1.64. The quantitative estimate of drug-likeness (QED) is 0.775. The highest BCUT2D eigenvalue weighted by Gasteiger charge is 2.01. The van der Waals surface area contributed by atoms with Gasteiger partial charge in [-0.15, -0.1) is 0 Å². The molecule has 0 atom stereocenters. The van der Waals surface area contributed by atoms with Gasteiger partial charge in [0.2, 0.25) is 5.91 Å². The Hall–Kier alpha value is -1.35. The van der Waals surface area contributed by atoms with E-state index in [0.29, 0.717) is 6.54 Å². The monoisotopic (exact) mass is 206 g/mol. The van der Waals surface area contributed by atoms with Gasteiger partial charge in [0.05, 0.1) is 6.54 Å². The topological polar surface area (TPSA) is 41.1 Å². The number of carbonyl (C=O) groups is 1. The molecular weight excluding hydrogens is 188 g/mol. The minimum Gasteiger partial charge on any atom is -0.358 e. The van der Waals surface area contributed by atoms with E-state index in [1.165, 1.54) is 16.7 Å². The maximum atomic E-state index is 11.0. The third kappa shape index (κ3) is 3.36. The van der Waals surface area contributed by atoms with Crippen LogP contribution in [0.4, 0.5) is 0 Å². The number of nitrogens with one attached hydrogen (secondary N) is 2. The maximum Gasteiger partial charge on any atom is 0.233 e. The Balaban J connectivity index is 2.51. The van der Waals surface area contributed by atoms with Gasteiger partial charge in [-0.1, -0.05) is 18.2 Å². The predicted octanol–water partition coefficient (Wildman–Crippen LogP) is 1.14. The van der Waals surface area contributed by atoms with Crippen LogP contribution in [0.2, 0.25) is 0 Å². The number of hydrogen-bond donors (Lipinski definition) is 2. The minimum atomic E-state index is 0.0142. The van der Waals surface area contributed by atoms with Crippen molar-refractivity contribution in [1.29, 1.82) is 0 Å². The van der Waals surface area contributed by atoms with E-state index in [1.54, 1.807) is 7.05 Å². The van der Waals surface area contributed by atoms with Gasteiger partial charge in [-0.25, -0.2) is 0 Å². The Morgan fingerprint density at radius 3 is 2.73 bits per heavy atom. The number of likely N-dealkylation sites (N-methyl/N-ethyl adjacent to an activating group) is 1. The summed E-state index contributed by atoms with van der Waals surface area (Å²) in [6, 6.07) is 6.22. The van der Waals surface area contributed by atoms with Gasteiger partial charge in [0.1, 0.15) is 0 Å². The Bertz CT molecular complexity index is 347. The van der Waals surface area contributed by atoms with Crippen LogP contribution in [-0.4, -0.2) is 19.5 Å². The van der Waals surface area contributed by atoms with Crippen molar-refractivity contribution in [2.75, 3.05) is 13.6 Å². The predicted molar refractivity (Wildman–Crippen MR) is 61.7 cm³/mol. The number of rotatable bonds is 4. The molecule has 1 aromatic rings. The fourth-order valence-corrected chi connectivity index (χ4v) is 1.40. The highest BCUT2D eigenvalue weighted by Crippen LogP contribution is 2.11. The molecule has 1 aromatic carbocycles. The highest BCUT2D eigenvalue weighted by atomic mass is 16.1. The van der Waals surface area contributed by atoms with Crippen molar-refractivity contribution < 1.29 is 4.79 Å². The Morgan fingerprint density at radius 1 is 1.33 bits per heavy atom. The van der Waals surface area contributed by atoms with E-state index in [1.807, 2.05) is 6.07 Å². The molecule has 2 N–H and O–H groups in total. The second-order valence-electron chi connectivity index (χ2n) is 3.64. The fraction of sp³-hybridized carbons (Fsp3) is 0.417. The van der Waals surface area contributed by atoms with Crippen molar-refractivity contribution in [2.24, 2.45) is 0 Å². The lowest BCUT2D eigenvalue weighted by molar-refractivity contribution is -0.119. The van der Waals surface area contributed by atoms with Crippen molar-refractivity contribution >= 4 is 5.91 Å². The molecule has 0 aliphatic carbocycles. The Kier molecular flexibility index (Phi) is 4.31. The molecule has 0 heterocycles. The molecule has 0 spiro atoms. The second-order valence-corrected chi connectivity index (χ2v) is 3.64. The first kappa shape index (κ1) is 11.7. The molecule has 3 nitrogen and oxygen atoms in total. The minimum absolute atomic E-state index is 0.0142. The van der Waals surface area contributed by atoms with Crippen LogP contribution >= 0.6 is 0 Å². The van der Waals surface area contributed by atoms with Crippen LogP contribution in [0.5, 0.6) is 0 Å². The van der Waals surface area contributed by atoms with Gasteiger partial charge in [-0.3, -0.25) is 4.79 Å². The van der Waals surface area contributed by atoms with E-state index >= 15 is 0 Å². The second kappa shape index (κ2) is 5.51. The van der Waals surface area contributed by atoms with Gasteiger partial charge in [-0.05, 0) is 30.5 Å². The fourth-order valence-electron chi connectivity index (χ4n) is 1.40. The average Bonchev–Trinajstić information content (AvgIpc) is 2.24. The summed E-state index contributed by atoms with van der Waals surface area (Å²) in [5.74, 6) is 0.0142. The molecule has 0 aliphatic rings. The summed E-state index contributed by atoms with van der Waals surface area (Å²) in [5, 5.41) is 5.68. The van der Waals surface area contributed by atoms with Crippen LogP contribution in [0.15, 0.2) is 18.2 Å². The molecular formula is C12H18N2O. The molecule has 0 bridgehead atoms. The zero-order chi connectivity index (χ0) is 11.3. The smallest absolute Gasteiger partial charge is 0.233 e. The summed E-state index contributed by atoms with van der Waals surface area (Å²) in [6.07, 6.45) is 0. The third-order valence-corrected chi connectivity index (χ3v) is 2.60. The Labute approximate surface area is 90.9 Å². The van der Waals surface area contributed by atoms with Crippen LogP contribution in [0.3, 0.4) is 0 Å². The van der Waals surface area contributed by atoms with Crippen LogP contribution in [-0.2, 0) is 11.3 Å². The molecule has 0 radical (unpaired) electrons. The van der Waals surface area contributed by atoms with Gasteiger partial charge in [0.25, 0.3) is 0 Å². The highest BCUT2D eigenvalue weighted by molar-refractivity contribution is 5.77. The largest absolute Gasteiger partial charge is 0.358 e. The van der Waals surface area contributed by atoms with Crippen LogP contribution in [0, 0.1) is 13.8 Å². The van der Waals surface area contributed by atoms with Gasteiger partial charge in [0.15, 0.2) is 0 Å². The normalized spacial score (nSPS) is 10.1. The summed E-state index contributed by atoms with van der Waals surface area (Å²) in [4.78, 5) is 11.0. The first-order valence-electron chi connectivity index (χ1n) is 5.11. The first-order valence-corrected chi connectivity index (χ1v) is 5.11. The molecule has 3 heteroatoms. The van der Waals surface area contributed by atoms with E-state index in [4.69, 9.17) is 0 Å². The van der Waals surface area contributed by atoms with Crippen LogP contribution < -0.4 is 10.6 Å². The van der Waals surface area contributed by atoms with E-state index in [9.17, 15) is 4.79 Å². The van der Waals surface area contributed by atoms with Gasteiger partial charge >= 0.3 is 0 Å². The van der Waals surface area contributed by atoms with Crippen LogP contribution in [0.25, 0.3) is 0 Å². The molecule has 0 aromatic heterocycles. The first-order chi connectivity index (χ1) is 7.15. The Morgan fingerprint density at radius 2 is 2.07 bits per heavy atom. The van der Waals surface area contributed by atoms with Crippen molar-refractivity contribution in [2.45, 2.75) is 20.4 Å². The van der Waals surface area contributed by atoms with Gasteiger partial charge in [-0.2, -0.15) is 0 Å². The third-order valence-electron chi connectivity index (χ3n) is 2.60. The molecule has 15 heavy (non-hydrogen) atoms. The van der Waals surface area contributed by atoms with Crippen molar-refractivity contribution in [1.82, 2.24) is 10.6 Å². The molecule has 0 fully saturated rings. The zero-order valence-electron chi connectivity index (χ0n) is 9.55. The SMILES string of the molecule is CNC(=O)CNCc1cccc(C)c1C.